The summed E-state index contributed by atoms with van der Waals surface area (Å²) in [5.74, 6) is -3.98. The average molecular weight is 531 g/mol. The van der Waals surface area contributed by atoms with E-state index >= 15 is 8.78 Å². The lowest BCUT2D eigenvalue weighted by atomic mass is 9.98. The van der Waals surface area contributed by atoms with Crippen molar-refractivity contribution < 1.29 is 31.8 Å². The molecule has 3 nitrogen and oxygen atoms in total. The van der Waals surface area contributed by atoms with E-state index in [4.69, 9.17) is 14.2 Å². The summed E-state index contributed by atoms with van der Waals surface area (Å²) >= 11 is 0. The summed E-state index contributed by atoms with van der Waals surface area (Å²) in [7, 11) is 0. The van der Waals surface area contributed by atoms with E-state index < -0.39 is 29.6 Å². The molecular weight excluding hydrogens is 496 g/mol. The molecule has 1 aliphatic rings. The smallest absolute Gasteiger partial charge is 0.201 e. The summed E-state index contributed by atoms with van der Waals surface area (Å²) in [5.41, 5.74) is 0.934. The summed E-state index contributed by atoms with van der Waals surface area (Å²) in [6.45, 7) is 5.32. The Kier molecular flexibility index (Phi) is 9.80. The largest absolute Gasteiger partial charge is 0.490 e. The number of halogens is 4. The van der Waals surface area contributed by atoms with Crippen LogP contribution in [-0.2, 0) is 9.47 Å². The van der Waals surface area contributed by atoms with Crippen LogP contribution in [0.25, 0.3) is 22.3 Å². The monoisotopic (exact) mass is 530 g/mol. The topological polar surface area (TPSA) is 27.7 Å². The maximum absolute atomic E-state index is 15.1. The van der Waals surface area contributed by atoms with Crippen LogP contribution >= 0.6 is 0 Å². The highest BCUT2D eigenvalue weighted by Gasteiger charge is 2.28. The van der Waals surface area contributed by atoms with Crippen molar-refractivity contribution in [3.63, 3.8) is 0 Å². The summed E-state index contributed by atoms with van der Waals surface area (Å²) in [6, 6.07) is 12.0. The molecule has 204 valence electrons. The first-order valence-electron chi connectivity index (χ1n) is 13.4. The molecule has 3 aromatic rings. The molecule has 0 unspecified atom stereocenters. The molecule has 1 aliphatic heterocycles. The summed E-state index contributed by atoms with van der Waals surface area (Å²) in [6.07, 6.45) is 5.03. The molecule has 1 fully saturated rings. The third-order valence-corrected chi connectivity index (χ3v) is 6.86. The van der Waals surface area contributed by atoms with Gasteiger partial charge in [0.15, 0.2) is 29.5 Å². The zero-order chi connectivity index (χ0) is 27.1. The first kappa shape index (κ1) is 28.1. The van der Waals surface area contributed by atoms with Crippen LogP contribution in [0.5, 0.6) is 5.75 Å². The van der Waals surface area contributed by atoms with Crippen molar-refractivity contribution in [2.75, 3.05) is 19.8 Å². The van der Waals surface area contributed by atoms with Gasteiger partial charge in [0.25, 0.3) is 0 Å². The van der Waals surface area contributed by atoms with Crippen LogP contribution in [0.1, 0.15) is 64.2 Å². The Hall–Kier alpha value is -2.90. The average Bonchev–Trinajstić information content (AvgIpc) is 2.94. The number of ether oxygens (including phenoxy) is 3. The molecule has 7 heteroatoms. The van der Waals surface area contributed by atoms with E-state index in [1.165, 1.54) is 24.3 Å². The summed E-state index contributed by atoms with van der Waals surface area (Å²) < 4.78 is 76.1. The maximum Gasteiger partial charge on any atom is 0.201 e. The lowest BCUT2D eigenvalue weighted by Crippen LogP contribution is -2.27. The minimum atomic E-state index is -1.05. The van der Waals surface area contributed by atoms with Gasteiger partial charge in [0.1, 0.15) is 0 Å². The fourth-order valence-corrected chi connectivity index (χ4v) is 4.56. The highest BCUT2D eigenvalue weighted by Crippen LogP contribution is 2.35. The summed E-state index contributed by atoms with van der Waals surface area (Å²) in [5, 5.41) is 0. The zero-order valence-electron chi connectivity index (χ0n) is 21.9. The van der Waals surface area contributed by atoms with Crippen LogP contribution in [-0.4, -0.2) is 19.8 Å². The van der Waals surface area contributed by atoms with E-state index in [0.29, 0.717) is 30.9 Å². The van der Waals surface area contributed by atoms with Crippen molar-refractivity contribution in [3.05, 3.63) is 77.4 Å². The molecular formula is C31H34F4O3. The van der Waals surface area contributed by atoms with Crippen LogP contribution in [0.2, 0.25) is 0 Å². The van der Waals surface area contributed by atoms with E-state index in [-0.39, 0.29) is 28.4 Å². The van der Waals surface area contributed by atoms with Gasteiger partial charge in [0.2, 0.25) is 5.82 Å². The third kappa shape index (κ3) is 6.38. The van der Waals surface area contributed by atoms with Crippen molar-refractivity contribution in [3.8, 4) is 28.0 Å². The first-order valence-corrected chi connectivity index (χ1v) is 13.4. The molecule has 1 heterocycles. The molecule has 0 bridgehead atoms. The second-order valence-electron chi connectivity index (χ2n) is 9.71. The van der Waals surface area contributed by atoms with Gasteiger partial charge in [0.05, 0.1) is 19.8 Å². The van der Waals surface area contributed by atoms with Crippen LogP contribution in [0, 0.1) is 29.2 Å². The lowest BCUT2D eigenvalue weighted by molar-refractivity contribution is -0.207. The summed E-state index contributed by atoms with van der Waals surface area (Å²) in [4.78, 5) is 0. The van der Waals surface area contributed by atoms with E-state index in [1.807, 2.05) is 6.92 Å². The first-order chi connectivity index (χ1) is 18.4. The van der Waals surface area contributed by atoms with Gasteiger partial charge in [-0.25, -0.2) is 13.2 Å². The van der Waals surface area contributed by atoms with Gasteiger partial charge in [-0.1, -0.05) is 75.9 Å². The van der Waals surface area contributed by atoms with Crippen LogP contribution in [0.3, 0.4) is 0 Å². The minimum absolute atomic E-state index is 0.0219. The minimum Gasteiger partial charge on any atom is -0.490 e. The van der Waals surface area contributed by atoms with Crippen LogP contribution in [0.15, 0.2) is 48.5 Å². The molecule has 0 spiro atoms. The quantitative estimate of drug-likeness (QED) is 0.183. The predicted molar refractivity (Wildman–Crippen MR) is 140 cm³/mol. The van der Waals surface area contributed by atoms with Gasteiger partial charge in [-0.2, -0.15) is 4.39 Å². The number of benzene rings is 3. The van der Waals surface area contributed by atoms with E-state index in [2.05, 4.69) is 6.92 Å². The second-order valence-corrected chi connectivity index (χ2v) is 9.71. The lowest BCUT2D eigenvalue weighted by Gasteiger charge is -2.30. The number of hydrogen-bond acceptors (Lipinski definition) is 3. The fraction of sp³-hybridized carbons (Fsp3) is 0.419. The van der Waals surface area contributed by atoms with Crippen molar-refractivity contribution in [1.82, 2.24) is 0 Å². The van der Waals surface area contributed by atoms with Gasteiger partial charge >= 0.3 is 0 Å². The maximum atomic E-state index is 15.1. The third-order valence-electron chi connectivity index (χ3n) is 6.86. The molecule has 4 rings (SSSR count). The van der Waals surface area contributed by atoms with E-state index in [9.17, 15) is 8.78 Å². The van der Waals surface area contributed by atoms with Gasteiger partial charge in [-0.3, -0.25) is 0 Å². The molecule has 3 aromatic carbocycles. The fourth-order valence-electron chi connectivity index (χ4n) is 4.56. The number of rotatable bonds is 11. The Morgan fingerprint density at radius 1 is 0.684 bits per heavy atom. The van der Waals surface area contributed by atoms with Gasteiger partial charge in [-0.15, -0.1) is 0 Å². The van der Waals surface area contributed by atoms with Crippen LogP contribution in [0.4, 0.5) is 17.6 Å². The second kappa shape index (κ2) is 13.3. The predicted octanol–water partition coefficient (Wildman–Crippen LogP) is 9.00. The van der Waals surface area contributed by atoms with E-state index in [1.54, 1.807) is 24.3 Å². The molecule has 0 aliphatic carbocycles. The Bertz CT molecular complexity index is 1200. The molecule has 0 saturated carbocycles. The van der Waals surface area contributed by atoms with Gasteiger partial charge < -0.3 is 14.2 Å². The highest BCUT2D eigenvalue weighted by atomic mass is 19.2. The number of hydrogen-bond donors (Lipinski definition) is 0. The van der Waals surface area contributed by atoms with Crippen molar-refractivity contribution >= 4 is 0 Å². The van der Waals surface area contributed by atoms with Gasteiger partial charge in [-0.05, 0) is 36.1 Å². The molecule has 0 N–H and O–H groups in total. The van der Waals surface area contributed by atoms with Crippen molar-refractivity contribution in [1.29, 1.82) is 0 Å². The molecule has 0 atom stereocenters. The molecule has 38 heavy (non-hydrogen) atoms. The molecule has 0 aromatic heterocycles. The van der Waals surface area contributed by atoms with Crippen molar-refractivity contribution in [2.24, 2.45) is 5.92 Å². The Balaban J connectivity index is 1.47. The SMILES string of the molecule is CCCCCC1COC(c2ccc(-c3ccc(-c4ccc(OCCCC)c(F)c4F)cc3)c(F)c2F)OC1. The normalized spacial score (nSPS) is 17.5. The standard InChI is InChI=1S/C31H34F4O3/c1-3-5-7-8-20-18-37-31(38-19-20)25-14-13-23(27(32)29(25)34)21-9-11-22(12-10-21)24-15-16-26(30(35)28(24)33)36-17-6-4-2/h9-16,20,31H,3-8,17-19H2,1-2H3. The highest BCUT2D eigenvalue weighted by molar-refractivity contribution is 5.71. The molecule has 1 saturated heterocycles. The molecule has 0 radical (unpaired) electrons. The van der Waals surface area contributed by atoms with E-state index in [0.717, 1.165) is 38.5 Å². The Labute approximate surface area is 221 Å². The van der Waals surface area contributed by atoms with Gasteiger partial charge in [0, 0.05) is 22.6 Å². The number of unbranched alkanes of at least 4 members (excludes halogenated alkanes) is 3. The zero-order valence-corrected chi connectivity index (χ0v) is 21.9. The Morgan fingerprint density at radius 3 is 1.87 bits per heavy atom. The molecule has 0 amide bonds. The van der Waals surface area contributed by atoms with Crippen molar-refractivity contribution in [2.45, 2.75) is 58.7 Å². The van der Waals surface area contributed by atoms with Crippen LogP contribution < -0.4 is 4.74 Å². The Morgan fingerprint density at radius 2 is 1.26 bits per heavy atom.